The molecule has 2 unspecified atom stereocenters. The van der Waals surface area contributed by atoms with Crippen molar-refractivity contribution in [1.29, 1.82) is 0 Å². The molecule has 1 aromatic carbocycles. The molecule has 0 amide bonds. The Kier molecular flexibility index (Phi) is 5.60. The molecule has 1 N–H and O–H groups in total. The first-order valence-corrected chi connectivity index (χ1v) is 8.71. The first-order valence-electron chi connectivity index (χ1n) is 8.71. The molecule has 25 heavy (non-hydrogen) atoms. The molecule has 0 aliphatic carbocycles. The Hall–Kier alpha value is -2.05. The second-order valence-electron chi connectivity index (χ2n) is 6.67. The third-order valence-electron chi connectivity index (χ3n) is 4.97. The molecule has 1 aliphatic rings. The van der Waals surface area contributed by atoms with Crippen LogP contribution in [0.4, 0.5) is 0 Å². The van der Waals surface area contributed by atoms with Crippen LogP contribution in [-0.2, 0) is 13.6 Å². The van der Waals surface area contributed by atoms with Crippen molar-refractivity contribution in [3.63, 3.8) is 0 Å². The summed E-state index contributed by atoms with van der Waals surface area (Å²) < 4.78 is 12.6. The second kappa shape index (κ2) is 7.89. The predicted octanol–water partition coefficient (Wildman–Crippen LogP) is 2.38. The lowest BCUT2D eigenvalue weighted by Gasteiger charge is -2.35. The van der Waals surface area contributed by atoms with Gasteiger partial charge in [-0.15, -0.1) is 0 Å². The van der Waals surface area contributed by atoms with Gasteiger partial charge in [0.2, 0.25) is 0 Å². The number of hydrogen-bond donors (Lipinski definition) is 1. The van der Waals surface area contributed by atoms with Crippen LogP contribution in [0.5, 0.6) is 11.5 Å². The molecule has 6 heteroatoms. The molecule has 0 bridgehead atoms. The van der Waals surface area contributed by atoms with Gasteiger partial charge >= 0.3 is 0 Å². The van der Waals surface area contributed by atoms with Gasteiger partial charge in [0.05, 0.1) is 14.2 Å². The van der Waals surface area contributed by atoms with Gasteiger partial charge in [0.15, 0.2) is 11.5 Å². The van der Waals surface area contributed by atoms with E-state index in [1.54, 1.807) is 20.4 Å². The molecule has 1 saturated heterocycles. The molecular weight excluding hydrogens is 318 g/mol. The van der Waals surface area contributed by atoms with Gasteiger partial charge in [-0.2, -0.15) is 0 Å². The fraction of sp³-hybridized carbons (Fsp3) is 0.526. The third kappa shape index (κ3) is 3.96. The van der Waals surface area contributed by atoms with Crippen molar-refractivity contribution in [2.45, 2.75) is 25.5 Å². The van der Waals surface area contributed by atoms with Crippen molar-refractivity contribution >= 4 is 0 Å². The van der Waals surface area contributed by atoms with Crippen LogP contribution in [0.3, 0.4) is 0 Å². The maximum absolute atomic E-state index is 10.7. The zero-order chi connectivity index (χ0) is 17.8. The monoisotopic (exact) mass is 345 g/mol. The van der Waals surface area contributed by atoms with Gasteiger partial charge in [-0.05, 0) is 37.1 Å². The lowest BCUT2D eigenvalue weighted by atomic mass is 9.91. The zero-order valence-electron chi connectivity index (χ0n) is 15.2. The Morgan fingerprint density at radius 3 is 2.76 bits per heavy atom. The average Bonchev–Trinajstić information content (AvgIpc) is 3.07. The summed E-state index contributed by atoms with van der Waals surface area (Å²) in [6.45, 7) is 2.74. The molecule has 2 heterocycles. The molecular formula is C19H27N3O3. The molecule has 2 atom stereocenters. The largest absolute Gasteiger partial charge is 0.493 e. The van der Waals surface area contributed by atoms with E-state index in [2.05, 4.69) is 16.0 Å². The van der Waals surface area contributed by atoms with E-state index in [-0.39, 0.29) is 5.92 Å². The van der Waals surface area contributed by atoms with E-state index in [9.17, 15) is 5.11 Å². The van der Waals surface area contributed by atoms with Crippen LogP contribution in [0.15, 0.2) is 30.6 Å². The molecule has 0 spiro atoms. The van der Waals surface area contributed by atoms with Crippen LogP contribution in [0, 0.1) is 5.92 Å². The highest BCUT2D eigenvalue weighted by Gasteiger charge is 2.29. The summed E-state index contributed by atoms with van der Waals surface area (Å²) in [7, 11) is 5.23. The van der Waals surface area contributed by atoms with Gasteiger partial charge in [-0.25, -0.2) is 4.98 Å². The normalized spacial score (nSPS) is 19.6. The quantitative estimate of drug-likeness (QED) is 0.871. The summed E-state index contributed by atoms with van der Waals surface area (Å²) in [6, 6.07) is 6.04. The molecule has 3 rings (SSSR count). The summed E-state index contributed by atoms with van der Waals surface area (Å²) in [4.78, 5) is 6.70. The minimum Gasteiger partial charge on any atom is -0.493 e. The molecule has 0 radical (unpaired) electrons. The van der Waals surface area contributed by atoms with Crippen molar-refractivity contribution in [3.8, 4) is 11.5 Å². The maximum Gasteiger partial charge on any atom is 0.161 e. The minimum atomic E-state index is -0.520. The second-order valence-corrected chi connectivity index (χ2v) is 6.67. The number of rotatable bonds is 6. The Bertz CT molecular complexity index is 701. The molecule has 136 valence electrons. The Balaban J connectivity index is 1.67. The number of imidazole rings is 1. The summed E-state index contributed by atoms with van der Waals surface area (Å²) in [5.41, 5.74) is 1.18. The number of hydrogen-bond acceptors (Lipinski definition) is 5. The van der Waals surface area contributed by atoms with Crippen LogP contribution >= 0.6 is 0 Å². The molecule has 6 nitrogen and oxygen atoms in total. The molecule has 0 saturated carbocycles. The van der Waals surface area contributed by atoms with Crippen molar-refractivity contribution < 1.29 is 14.6 Å². The lowest BCUT2D eigenvalue weighted by molar-refractivity contribution is 0.0404. The first-order chi connectivity index (χ1) is 12.1. The molecule has 1 aromatic heterocycles. The van der Waals surface area contributed by atoms with E-state index in [1.807, 2.05) is 29.9 Å². The highest BCUT2D eigenvalue weighted by molar-refractivity contribution is 5.42. The van der Waals surface area contributed by atoms with Crippen LogP contribution < -0.4 is 9.47 Å². The van der Waals surface area contributed by atoms with E-state index in [4.69, 9.17) is 9.47 Å². The average molecular weight is 345 g/mol. The zero-order valence-corrected chi connectivity index (χ0v) is 15.2. The lowest BCUT2D eigenvalue weighted by Crippen LogP contribution is -2.37. The standard InChI is InChI=1S/C19H27N3O3/c1-21-10-8-20-19(21)18(23)15-5-4-9-22(13-15)12-14-6-7-16(24-2)17(11-14)25-3/h6-8,10-11,15,18,23H,4-5,9,12-13H2,1-3H3. The van der Waals surface area contributed by atoms with Gasteiger partial charge in [0.25, 0.3) is 0 Å². The Morgan fingerprint density at radius 2 is 2.08 bits per heavy atom. The number of benzene rings is 1. The van der Waals surface area contributed by atoms with Crippen molar-refractivity contribution in [3.05, 3.63) is 42.0 Å². The van der Waals surface area contributed by atoms with Gasteiger partial charge in [-0.1, -0.05) is 6.07 Å². The predicted molar refractivity (Wildman–Crippen MR) is 95.7 cm³/mol. The van der Waals surface area contributed by atoms with Crippen molar-refractivity contribution in [1.82, 2.24) is 14.5 Å². The van der Waals surface area contributed by atoms with Crippen LogP contribution in [0.2, 0.25) is 0 Å². The number of ether oxygens (including phenoxy) is 2. The highest BCUT2D eigenvalue weighted by atomic mass is 16.5. The Morgan fingerprint density at radius 1 is 1.28 bits per heavy atom. The number of aliphatic hydroxyl groups is 1. The first kappa shape index (κ1) is 17.8. The topological polar surface area (TPSA) is 59.8 Å². The van der Waals surface area contributed by atoms with Gasteiger partial charge in [-0.3, -0.25) is 4.90 Å². The van der Waals surface area contributed by atoms with E-state index >= 15 is 0 Å². The van der Waals surface area contributed by atoms with E-state index in [0.717, 1.165) is 49.8 Å². The van der Waals surface area contributed by atoms with Crippen LogP contribution in [0.25, 0.3) is 0 Å². The number of aryl methyl sites for hydroxylation is 1. The van der Waals surface area contributed by atoms with Gasteiger partial charge in [0, 0.05) is 38.4 Å². The van der Waals surface area contributed by atoms with Crippen molar-refractivity contribution in [2.75, 3.05) is 27.3 Å². The highest BCUT2D eigenvalue weighted by Crippen LogP contribution is 2.31. The number of nitrogens with zero attached hydrogens (tertiary/aromatic N) is 3. The van der Waals surface area contributed by atoms with Crippen LogP contribution in [-0.4, -0.2) is 46.9 Å². The number of piperidine rings is 1. The van der Waals surface area contributed by atoms with E-state index in [1.165, 1.54) is 5.56 Å². The van der Waals surface area contributed by atoms with E-state index < -0.39 is 6.10 Å². The van der Waals surface area contributed by atoms with E-state index in [0.29, 0.717) is 0 Å². The number of aliphatic hydroxyl groups excluding tert-OH is 1. The summed E-state index contributed by atoms with van der Waals surface area (Å²) in [5, 5.41) is 10.7. The minimum absolute atomic E-state index is 0.204. The van der Waals surface area contributed by atoms with Crippen molar-refractivity contribution in [2.24, 2.45) is 13.0 Å². The molecule has 1 aliphatic heterocycles. The smallest absolute Gasteiger partial charge is 0.161 e. The molecule has 1 fully saturated rings. The Labute approximate surface area is 149 Å². The summed E-state index contributed by atoms with van der Waals surface area (Å²) >= 11 is 0. The number of likely N-dealkylation sites (tertiary alicyclic amines) is 1. The number of aromatic nitrogens is 2. The third-order valence-corrected chi connectivity index (χ3v) is 4.97. The van der Waals surface area contributed by atoms with Crippen LogP contribution in [0.1, 0.15) is 30.3 Å². The fourth-order valence-electron chi connectivity index (χ4n) is 3.60. The fourth-order valence-corrected chi connectivity index (χ4v) is 3.60. The molecule has 2 aromatic rings. The summed E-state index contributed by atoms with van der Waals surface area (Å²) in [6.07, 6.45) is 5.20. The summed E-state index contributed by atoms with van der Waals surface area (Å²) in [5.74, 6) is 2.45. The maximum atomic E-state index is 10.7. The van der Waals surface area contributed by atoms with Gasteiger partial charge < -0.3 is 19.1 Å². The SMILES string of the molecule is COc1ccc(CN2CCCC(C(O)c3nccn3C)C2)cc1OC. The van der Waals surface area contributed by atoms with Gasteiger partial charge in [0.1, 0.15) is 11.9 Å². The number of methoxy groups -OCH3 is 2.